The second kappa shape index (κ2) is 6.94. The molecule has 0 aromatic rings. The molecule has 1 N–H and O–H groups in total. The fraction of sp³-hybridized carbons (Fsp3) is 0.556. The molecule has 0 radical (unpaired) electrons. The quantitative estimate of drug-likeness (QED) is 0.286. The molecule has 0 bridgehead atoms. The molecule has 1 atom stereocenters. The van der Waals surface area contributed by atoms with E-state index in [9.17, 15) is 9.59 Å². The van der Waals surface area contributed by atoms with Crippen molar-refractivity contribution in [2.75, 3.05) is 13.2 Å². The van der Waals surface area contributed by atoms with E-state index in [1.807, 2.05) is 0 Å². The Morgan fingerprint density at radius 3 is 2.64 bits per heavy atom. The molecular formula is C9H14O5. The summed E-state index contributed by atoms with van der Waals surface area (Å²) in [4.78, 5) is 21.7. The molecular weight excluding hydrogens is 188 g/mol. The van der Waals surface area contributed by atoms with Crippen molar-refractivity contribution < 1.29 is 24.2 Å². The molecule has 0 fully saturated rings. The van der Waals surface area contributed by atoms with Gasteiger partial charge < -0.3 is 14.6 Å². The van der Waals surface area contributed by atoms with E-state index in [1.165, 1.54) is 6.26 Å². The molecule has 0 aliphatic heterocycles. The lowest BCUT2D eigenvalue weighted by atomic mass is 10.1. The minimum atomic E-state index is -1.20. The number of carboxylic acid groups (broad SMARTS) is 1. The second-order valence-electron chi connectivity index (χ2n) is 2.47. The maximum absolute atomic E-state index is 11.1. The van der Waals surface area contributed by atoms with Gasteiger partial charge in [0.1, 0.15) is 0 Å². The van der Waals surface area contributed by atoms with Gasteiger partial charge in [-0.3, -0.25) is 9.59 Å². The van der Waals surface area contributed by atoms with Crippen LogP contribution < -0.4 is 0 Å². The van der Waals surface area contributed by atoms with Crippen LogP contribution in [0.2, 0.25) is 0 Å². The minimum Gasteiger partial charge on any atom is -0.502 e. The third kappa shape index (κ3) is 4.49. The first-order valence-corrected chi connectivity index (χ1v) is 4.25. The van der Waals surface area contributed by atoms with Crippen LogP contribution in [0.1, 0.15) is 13.3 Å². The van der Waals surface area contributed by atoms with E-state index in [0.717, 1.165) is 0 Å². The summed E-state index contributed by atoms with van der Waals surface area (Å²) in [6.45, 7) is 5.23. The van der Waals surface area contributed by atoms with Crippen LogP contribution in [0.5, 0.6) is 0 Å². The lowest BCUT2D eigenvalue weighted by Gasteiger charge is -2.10. The van der Waals surface area contributed by atoms with E-state index in [2.05, 4.69) is 11.3 Å². The first-order valence-electron chi connectivity index (χ1n) is 4.25. The van der Waals surface area contributed by atoms with E-state index in [0.29, 0.717) is 0 Å². The van der Waals surface area contributed by atoms with Crippen LogP contribution in [0.3, 0.4) is 0 Å². The number of carbonyl (C=O) groups excluding carboxylic acids is 1. The molecule has 14 heavy (non-hydrogen) atoms. The summed E-state index contributed by atoms with van der Waals surface area (Å²) in [5.41, 5.74) is 0. The van der Waals surface area contributed by atoms with Gasteiger partial charge in [-0.15, -0.1) is 0 Å². The van der Waals surface area contributed by atoms with Crippen LogP contribution in [0, 0.1) is 5.92 Å². The van der Waals surface area contributed by atoms with Crippen molar-refractivity contribution in [1.82, 2.24) is 0 Å². The highest BCUT2D eigenvalue weighted by Gasteiger charge is 2.27. The Labute approximate surface area is 82.3 Å². The van der Waals surface area contributed by atoms with Crippen LogP contribution in [0.4, 0.5) is 0 Å². The largest absolute Gasteiger partial charge is 0.502 e. The molecule has 0 saturated carbocycles. The predicted octanol–water partition coefficient (Wildman–Crippen LogP) is 0.800. The number of carboxylic acids is 1. The van der Waals surface area contributed by atoms with E-state index >= 15 is 0 Å². The van der Waals surface area contributed by atoms with Gasteiger partial charge in [0.05, 0.1) is 19.5 Å². The van der Waals surface area contributed by atoms with E-state index in [-0.39, 0.29) is 19.6 Å². The Morgan fingerprint density at radius 2 is 2.21 bits per heavy atom. The van der Waals surface area contributed by atoms with Crippen LogP contribution in [-0.2, 0) is 19.1 Å². The van der Waals surface area contributed by atoms with Crippen molar-refractivity contribution in [2.45, 2.75) is 13.3 Å². The van der Waals surface area contributed by atoms with Crippen LogP contribution in [0.25, 0.3) is 0 Å². The first-order chi connectivity index (χ1) is 6.63. The van der Waals surface area contributed by atoms with Crippen LogP contribution in [0.15, 0.2) is 12.8 Å². The van der Waals surface area contributed by atoms with Gasteiger partial charge in [0.15, 0.2) is 5.92 Å². The fourth-order valence-electron chi connectivity index (χ4n) is 0.854. The van der Waals surface area contributed by atoms with Crippen molar-refractivity contribution >= 4 is 11.9 Å². The molecule has 0 spiro atoms. The third-order valence-electron chi connectivity index (χ3n) is 1.51. The Morgan fingerprint density at radius 1 is 1.57 bits per heavy atom. The standard InChI is InChI=1S/C9H14O5/c1-3-13-6-5-7(8(10)11)9(12)14-4-2/h3,7H,1,4-6H2,2H3,(H,10,11). The number of carbonyl (C=O) groups is 2. The van der Waals surface area contributed by atoms with Crippen LogP contribution >= 0.6 is 0 Å². The molecule has 0 rings (SSSR count). The number of ether oxygens (including phenoxy) is 2. The zero-order valence-electron chi connectivity index (χ0n) is 8.06. The topological polar surface area (TPSA) is 72.8 Å². The summed E-state index contributed by atoms with van der Waals surface area (Å²) in [5, 5.41) is 8.69. The SMILES string of the molecule is C=COCCC(C(=O)O)C(=O)OCC. The van der Waals surface area contributed by atoms with Gasteiger partial charge in [-0.25, -0.2) is 0 Å². The van der Waals surface area contributed by atoms with Crippen molar-refractivity contribution in [3.8, 4) is 0 Å². The lowest BCUT2D eigenvalue weighted by Crippen LogP contribution is -2.27. The molecule has 0 amide bonds. The average molecular weight is 202 g/mol. The Balaban J connectivity index is 4.07. The van der Waals surface area contributed by atoms with Crippen molar-refractivity contribution in [2.24, 2.45) is 5.92 Å². The van der Waals surface area contributed by atoms with Gasteiger partial charge in [0.25, 0.3) is 0 Å². The highest BCUT2D eigenvalue weighted by molar-refractivity contribution is 5.93. The van der Waals surface area contributed by atoms with E-state index < -0.39 is 17.9 Å². The second-order valence-corrected chi connectivity index (χ2v) is 2.47. The molecule has 0 saturated heterocycles. The minimum absolute atomic E-state index is 0.0835. The summed E-state index contributed by atoms with van der Waals surface area (Å²) in [6, 6.07) is 0. The maximum Gasteiger partial charge on any atom is 0.320 e. The number of esters is 1. The zero-order chi connectivity index (χ0) is 11.0. The number of hydrogen-bond donors (Lipinski definition) is 1. The summed E-state index contributed by atoms with van der Waals surface area (Å²) < 4.78 is 9.33. The summed E-state index contributed by atoms with van der Waals surface area (Å²) in [5.74, 6) is -3.08. The summed E-state index contributed by atoms with van der Waals surface area (Å²) in [7, 11) is 0. The van der Waals surface area contributed by atoms with Crippen molar-refractivity contribution in [1.29, 1.82) is 0 Å². The molecule has 0 heterocycles. The molecule has 0 aliphatic rings. The van der Waals surface area contributed by atoms with Crippen molar-refractivity contribution in [3.63, 3.8) is 0 Å². The first kappa shape index (κ1) is 12.5. The molecule has 5 nitrogen and oxygen atoms in total. The summed E-state index contributed by atoms with van der Waals surface area (Å²) in [6.07, 6.45) is 1.28. The van der Waals surface area contributed by atoms with Gasteiger partial charge in [-0.05, 0) is 6.92 Å². The molecule has 1 unspecified atom stereocenters. The summed E-state index contributed by atoms with van der Waals surface area (Å²) >= 11 is 0. The Hall–Kier alpha value is -1.52. The van der Waals surface area contributed by atoms with Crippen LogP contribution in [-0.4, -0.2) is 30.3 Å². The molecule has 80 valence electrons. The maximum atomic E-state index is 11.1. The highest BCUT2D eigenvalue weighted by Crippen LogP contribution is 2.06. The monoisotopic (exact) mass is 202 g/mol. The average Bonchev–Trinajstić information content (AvgIpc) is 2.12. The fourth-order valence-corrected chi connectivity index (χ4v) is 0.854. The predicted molar refractivity (Wildman–Crippen MR) is 48.5 cm³/mol. The molecule has 0 aliphatic carbocycles. The highest BCUT2D eigenvalue weighted by atomic mass is 16.5. The van der Waals surface area contributed by atoms with Gasteiger partial charge in [0, 0.05) is 6.42 Å². The Kier molecular flexibility index (Phi) is 6.19. The molecule has 0 aromatic carbocycles. The smallest absolute Gasteiger partial charge is 0.320 e. The number of rotatable bonds is 7. The normalized spacial score (nSPS) is 11.5. The van der Waals surface area contributed by atoms with Gasteiger partial charge in [-0.1, -0.05) is 6.58 Å². The van der Waals surface area contributed by atoms with Gasteiger partial charge >= 0.3 is 11.9 Å². The molecule has 5 heteroatoms. The van der Waals surface area contributed by atoms with E-state index in [1.54, 1.807) is 6.92 Å². The Bertz CT molecular complexity index is 211. The third-order valence-corrected chi connectivity index (χ3v) is 1.51. The lowest BCUT2D eigenvalue weighted by molar-refractivity contribution is -0.159. The number of aliphatic carboxylic acids is 1. The zero-order valence-corrected chi connectivity index (χ0v) is 8.06. The van der Waals surface area contributed by atoms with Crippen molar-refractivity contribution in [3.05, 3.63) is 12.8 Å². The molecule has 0 aromatic heterocycles. The van der Waals surface area contributed by atoms with Gasteiger partial charge in [0.2, 0.25) is 0 Å². The number of hydrogen-bond acceptors (Lipinski definition) is 4. The van der Waals surface area contributed by atoms with E-state index in [4.69, 9.17) is 9.84 Å². The van der Waals surface area contributed by atoms with Gasteiger partial charge in [-0.2, -0.15) is 0 Å².